The van der Waals surface area contributed by atoms with Gasteiger partial charge in [0.25, 0.3) is 0 Å². The van der Waals surface area contributed by atoms with E-state index in [0.717, 1.165) is 13.1 Å². The molecule has 0 aliphatic carbocycles. The normalized spacial score (nSPS) is 16.5. The average Bonchev–Trinajstić information content (AvgIpc) is 2.16. The third kappa shape index (κ3) is 6.49. The number of nitrogens with one attached hydrogen (secondary N) is 1. The van der Waals surface area contributed by atoms with Gasteiger partial charge in [0.05, 0.1) is 0 Å². The molecule has 0 aromatic carbocycles. The van der Waals surface area contributed by atoms with Gasteiger partial charge in [-0.2, -0.15) is 0 Å². The monoisotopic (exact) mass is 228 g/mol. The van der Waals surface area contributed by atoms with Crippen LogP contribution in [0.4, 0.5) is 0 Å². The highest BCUT2D eigenvalue weighted by Crippen LogP contribution is 2.17. The predicted molar refractivity (Wildman–Crippen MR) is 73.9 cm³/mol. The van der Waals surface area contributed by atoms with Crippen LogP contribution >= 0.6 is 0 Å². The van der Waals surface area contributed by atoms with Crippen molar-refractivity contribution in [3.8, 4) is 0 Å². The zero-order valence-electron chi connectivity index (χ0n) is 12.4. The lowest BCUT2D eigenvalue weighted by Crippen LogP contribution is -2.48. The third-order valence-electron chi connectivity index (χ3n) is 3.10. The number of nitrogens with zero attached hydrogens (tertiary/aromatic N) is 1. The second-order valence-corrected chi connectivity index (χ2v) is 6.19. The minimum atomic E-state index is 0.381. The molecule has 0 bridgehead atoms. The maximum absolute atomic E-state index is 3.64. The van der Waals surface area contributed by atoms with Crippen LogP contribution in [0.5, 0.6) is 0 Å². The Bertz CT molecular complexity index is 172. The van der Waals surface area contributed by atoms with E-state index < -0.39 is 0 Å². The van der Waals surface area contributed by atoms with Crippen molar-refractivity contribution in [1.29, 1.82) is 0 Å². The molecule has 0 saturated heterocycles. The molecule has 0 amide bonds. The number of rotatable bonds is 7. The van der Waals surface area contributed by atoms with Gasteiger partial charge in [-0.1, -0.05) is 34.6 Å². The summed E-state index contributed by atoms with van der Waals surface area (Å²) >= 11 is 0. The third-order valence-corrected chi connectivity index (χ3v) is 3.10. The molecule has 0 aliphatic rings. The Labute approximate surface area is 103 Å². The number of hydrogen-bond acceptors (Lipinski definition) is 2. The zero-order chi connectivity index (χ0) is 12.8. The molecule has 2 heteroatoms. The van der Waals surface area contributed by atoms with Crippen LogP contribution in [0.25, 0.3) is 0 Å². The van der Waals surface area contributed by atoms with Gasteiger partial charge in [0.1, 0.15) is 0 Å². The summed E-state index contributed by atoms with van der Waals surface area (Å²) in [5, 5.41) is 3.64. The van der Waals surface area contributed by atoms with Crippen LogP contribution in [-0.4, -0.2) is 37.1 Å². The smallest absolute Gasteiger partial charge is 0.0218 e. The molecule has 2 nitrogen and oxygen atoms in total. The van der Waals surface area contributed by atoms with E-state index in [-0.39, 0.29) is 0 Å². The lowest BCUT2D eigenvalue weighted by atomic mass is 9.94. The SMILES string of the molecule is CCCNC(CC)C(C)N(C)CC(C)(C)C. The van der Waals surface area contributed by atoms with Crippen molar-refractivity contribution in [2.24, 2.45) is 5.41 Å². The second-order valence-electron chi connectivity index (χ2n) is 6.19. The van der Waals surface area contributed by atoms with Crippen molar-refractivity contribution in [3.63, 3.8) is 0 Å². The highest BCUT2D eigenvalue weighted by Gasteiger charge is 2.22. The van der Waals surface area contributed by atoms with Crippen LogP contribution in [0.3, 0.4) is 0 Å². The van der Waals surface area contributed by atoms with E-state index in [2.05, 4.69) is 58.8 Å². The largest absolute Gasteiger partial charge is 0.312 e. The summed E-state index contributed by atoms with van der Waals surface area (Å²) in [4.78, 5) is 2.48. The lowest BCUT2D eigenvalue weighted by molar-refractivity contribution is 0.149. The van der Waals surface area contributed by atoms with Crippen molar-refractivity contribution in [2.75, 3.05) is 20.1 Å². The molecule has 0 fully saturated rings. The second kappa shape index (κ2) is 7.29. The van der Waals surface area contributed by atoms with Gasteiger partial charge in [0, 0.05) is 18.6 Å². The maximum Gasteiger partial charge on any atom is 0.0218 e. The molecule has 0 radical (unpaired) electrons. The van der Waals surface area contributed by atoms with Crippen LogP contribution < -0.4 is 5.32 Å². The molecule has 0 aromatic heterocycles. The van der Waals surface area contributed by atoms with Gasteiger partial charge in [0.15, 0.2) is 0 Å². The Hall–Kier alpha value is -0.0800. The fraction of sp³-hybridized carbons (Fsp3) is 1.00. The average molecular weight is 228 g/mol. The highest BCUT2D eigenvalue weighted by molar-refractivity contribution is 4.80. The van der Waals surface area contributed by atoms with E-state index in [1.165, 1.54) is 12.8 Å². The molecule has 0 aliphatic heterocycles. The van der Waals surface area contributed by atoms with E-state index >= 15 is 0 Å². The zero-order valence-corrected chi connectivity index (χ0v) is 12.4. The minimum absolute atomic E-state index is 0.381. The van der Waals surface area contributed by atoms with Crippen molar-refractivity contribution in [2.45, 2.75) is 66.5 Å². The molecule has 2 atom stereocenters. The van der Waals surface area contributed by atoms with Crippen molar-refractivity contribution in [3.05, 3.63) is 0 Å². The molecule has 0 aromatic rings. The van der Waals surface area contributed by atoms with E-state index in [0.29, 0.717) is 17.5 Å². The Kier molecular flexibility index (Phi) is 7.25. The topological polar surface area (TPSA) is 15.3 Å². The molecule has 0 spiro atoms. The Morgan fingerprint density at radius 2 is 1.75 bits per heavy atom. The van der Waals surface area contributed by atoms with Crippen molar-refractivity contribution < 1.29 is 0 Å². The molecule has 98 valence electrons. The Morgan fingerprint density at radius 1 is 1.19 bits per heavy atom. The van der Waals surface area contributed by atoms with Crippen LogP contribution in [0.2, 0.25) is 0 Å². The summed E-state index contributed by atoms with van der Waals surface area (Å²) in [5.41, 5.74) is 0.381. The van der Waals surface area contributed by atoms with Crippen molar-refractivity contribution >= 4 is 0 Å². The van der Waals surface area contributed by atoms with Gasteiger partial charge < -0.3 is 10.2 Å². The van der Waals surface area contributed by atoms with Crippen LogP contribution in [0, 0.1) is 5.41 Å². The van der Waals surface area contributed by atoms with Crippen molar-refractivity contribution in [1.82, 2.24) is 10.2 Å². The molecular weight excluding hydrogens is 196 g/mol. The quantitative estimate of drug-likeness (QED) is 0.720. The molecular formula is C14H32N2. The van der Waals surface area contributed by atoms with E-state index in [4.69, 9.17) is 0 Å². The van der Waals surface area contributed by atoms with E-state index in [9.17, 15) is 0 Å². The molecule has 0 saturated carbocycles. The van der Waals surface area contributed by atoms with Crippen LogP contribution in [0.15, 0.2) is 0 Å². The maximum atomic E-state index is 3.64. The van der Waals surface area contributed by atoms with Gasteiger partial charge in [-0.05, 0) is 38.8 Å². The summed E-state index contributed by atoms with van der Waals surface area (Å²) in [6.45, 7) is 16.0. The number of likely N-dealkylation sites (N-methyl/N-ethyl adjacent to an activating group) is 1. The Balaban J connectivity index is 4.21. The number of hydrogen-bond donors (Lipinski definition) is 1. The molecule has 0 heterocycles. The van der Waals surface area contributed by atoms with Gasteiger partial charge in [0.2, 0.25) is 0 Å². The first-order valence-electron chi connectivity index (χ1n) is 6.75. The first-order chi connectivity index (χ1) is 7.31. The summed E-state index contributed by atoms with van der Waals surface area (Å²) < 4.78 is 0. The summed E-state index contributed by atoms with van der Waals surface area (Å²) in [6, 6.07) is 1.23. The fourth-order valence-electron chi connectivity index (χ4n) is 2.19. The van der Waals surface area contributed by atoms with Gasteiger partial charge in [-0.25, -0.2) is 0 Å². The summed E-state index contributed by atoms with van der Waals surface area (Å²) in [7, 11) is 2.24. The van der Waals surface area contributed by atoms with Gasteiger partial charge in [-0.15, -0.1) is 0 Å². The molecule has 2 unspecified atom stereocenters. The highest BCUT2D eigenvalue weighted by atomic mass is 15.2. The first-order valence-corrected chi connectivity index (χ1v) is 6.75. The Morgan fingerprint density at radius 3 is 2.12 bits per heavy atom. The van der Waals surface area contributed by atoms with Gasteiger partial charge >= 0.3 is 0 Å². The van der Waals surface area contributed by atoms with E-state index in [1.807, 2.05) is 0 Å². The summed E-state index contributed by atoms with van der Waals surface area (Å²) in [6.07, 6.45) is 2.42. The molecule has 16 heavy (non-hydrogen) atoms. The molecule has 1 N–H and O–H groups in total. The first kappa shape index (κ1) is 15.9. The van der Waals surface area contributed by atoms with E-state index in [1.54, 1.807) is 0 Å². The lowest BCUT2D eigenvalue weighted by Gasteiger charge is -2.36. The van der Waals surface area contributed by atoms with Crippen LogP contribution in [0.1, 0.15) is 54.4 Å². The predicted octanol–water partition coefficient (Wildman–Crippen LogP) is 3.13. The standard InChI is InChI=1S/C14H32N2/c1-8-10-15-13(9-2)12(3)16(7)11-14(4,5)6/h12-13,15H,8-11H2,1-7H3. The minimum Gasteiger partial charge on any atom is -0.312 e. The van der Waals surface area contributed by atoms with Gasteiger partial charge in [-0.3, -0.25) is 0 Å². The fourth-order valence-corrected chi connectivity index (χ4v) is 2.19. The van der Waals surface area contributed by atoms with Crippen LogP contribution in [-0.2, 0) is 0 Å². The summed E-state index contributed by atoms with van der Waals surface area (Å²) in [5.74, 6) is 0. The molecule has 0 rings (SSSR count).